The topological polar surface area (TPSA) is 71.1 Å². The van der Waals surface area contributed by atoms with Crippen molar-refractivity contribution in [3.8, 4) is 0 Å². The average Bonchev–Trinajstić information content (AvgIpc) is 2.66. The van der Waals surface area contributed by atoms with Gasteiger partial charge in [-0.05, 0) is 33.1 Å². The number of hydrogen-bond acceptors (Lipinski definition) is 6. The fraction of sp³-hybridized carbons (Fsp3) is 0.905. The first-order valence-electron chi connectivity index (χ1n) is 10.6. The van der Waals surface area contributed by atoms with E-state index in [1.54, 1.807) is 0 Å². The van der Waals surface area contributed by atoms with Crippen molar-refractivity contribution in [1.82, 2.24) is 0 Å². The Morgan fingerprint density at radius 3 is 1.41 bits per heavy atom. The number of rotatable bonds is 18. The molecule has 0 aromatic carbocycles. The van der Waals surface area contributed by atoms with Crippen LogP contribution in [-0.2, 0) is 28.5 Å². The normalized spacial score (nSPS) is 13.2. The lowest BCUT2D eigenvalue weighted by atomic mass is 10.1. The fourth-order valence-corrected chi connectivity index (χ4v) is 2.66. The van der Waals surface area contributed by atoms with Crippen molar-refractivity contribution in [2.75, 3.05) is 26.4 Å². The van der Waals surface area contributed by atoms with Crippen LogP contribution in [-0.4, -0.2) is 50.6 Å². The highest BCUT2D eigenvalue weighted by atomic mass is 16.6. The van der Waals surface area contributed by atoms with E-state index in [0.717, 1.165) is 38.5 Å². The quantitative estimate of drug-likeness (QED) is 0.323. The molecule has 0 saturated heterocycles. The Hall–Kier alpha value is -1.14. The number of carbonyl (C=O) groups excluding carboxylic acids is 2. The predicted octanol–water partition coefficient (Wildman–Crippen LogP) is 4.43. The van der Waals surface area contributed by atoms with E-state index in [1.165, 1.54) is 0 Å². The fourth-order valence-electron chi connectivity index (χ4n) is 2.66. The second-order valence-electron chi connectivity index (χ2n) is 6.66. The molecule has 0 rings (SSSR count). The van der Waals surface area contributed by atoms with Gasteiger partial charge >= 0.3 is 11.9 Å². The summed E-state index contributed by atoms with van der Waals surface area (Å²) in [5.74, 6) is -0.585. The summed E-state index contributed by atoms with van der Waals surface area (Å²) in [5, 5.41) is 0. The summed E-state index contributed by atoms with van der Waals surface area (Å²) in [6.45, 7) is 9.89. The highest BCUT2D eigenvalue weighted by molar-refractivity contribution is 5.72. The average molecular weight is 389 g/mol. The number of carbonyl (C=O) groups is 2. The highest BCUT2D eigenvalue weighted by Gasteiger charge is 2.14. The van der Waals surface area contributed by atoms with Gasteiger partial charge in [-0.25, -0.2) is 0 Å². The van der Waals surface area contributed by atoms with Crippen LogP contribution in [0.2, 0.25) is 0 Å². The van der Waals surface area contributed by atoms with Gasteiger partial charge in [0.1, 0.15) is 13.2 Å². The molecule has 160 valence electrons. The molecular weight excluding hydrogens is 348 g/mol. The van der Waals surface area contributed by atoms with Crippen LogP contribution in [0.3, 0.4) is 0 Å². The van der Waals surface area contributed by atoms with Gasteiger partial charge in [0.15, 0.2) is 0 Å². The molecule has 27 heavy (non-hydrogen) atoms. The molecule has 0 aromatic heterocycles. The largest absolute Gasteiger partial charge is 0.463 e. The molecule has 0 N–H and O–H groups in total. The molecule has 0 radical (unpaired) electrons. The SMILES string of the molecule is CCCCC(COC(=O)CCCC(=O)OCC(CCCC)OCC)OCC. The van der Waals surface area contributed by atoms with Gasteiger partial charge in [0.25, 0.3) is 0 Å². The lowest BCUT2D eigenvalue weighted by Gasteiger charge is -2.17. The molecule has 0 heterocycles. The zero-order valence-electron chi connectivity index (χ0n) is 17.8. The van der Waals surface area contributed by atoms with Gasteiger partial charge in [0.2, 0.25) is 0 Å². The first-order chi connectivity index (χ1) is 13.1. The summed E-state index contributed by atoms with van der Waals surface area (Å²) in [5.41, 5.74) is 0. The summed E-state index contributed by atoms with van der Waals surface area (Å²) in [6.07, 6.45) is 6.84. The van der Waals surface area contributed by atoms with Crippen molar-refractivity contribution >= 4 is 11.9 Å². The van der Waals surface area contributed by atoms with Crippen molar-refractivity contribution in [1.29, 1.82) is 0 Å². The zero-order chi connectivity index (χ0) is 20.3. The summed E-state index contributed by atoms with van der Waals surface area (Å²) < 4.78 is 21.7. The molecule has 0 bridgehead atoms. The Bertz CT molecular complexity index is 338. The molecule has 0 aliphatic heterocycles. The second-order valence-corrected chi connectivity index (χ2v) is 6.66. The molecule has 0 amide bonds. The summed E-state index contributed by atoms with van der Waals surface area (Å²) in [7, 11) is 0. The number of ether oxygens (including phenoxy) is 4. The van der Waals surface area contributed by atoms with Gasteiger partial charge < -0.3 is 18.9 Å². The van der Waals surface area contributed by atoms with Crippen LogP contribution in [0.25, 0.3) is 0 Å². The lowest BCUT2D eigenvalue weighted by molar-refractivity contribution is -0.150. The number of esters is 2. The second kappa shape index (κ2) is 18.2. The van der Waals surface area contributed by atoms with E-state index in [9.17, 15) is 9.59 Å². The maximum atomic E-state index is 11.8. The molecule has 6 heteroatoms. The maximum absolute atomic E-state index is 11.8. The summed E-state index contributed by atoms with van der Waals surface area (Å²) in [6, 6.07) is 0. The minimum Gasteiger partial charge on any atom is -0.463 e. The van der Waals surface area contributed by atoms with Crippen molar-refractivity contribution in [2.24, 2.45) is 0 Å². The van der Waals surface area contributed by atoms with Gasteiger partial charge in [-0.3, -0.25) is 9.59 Å². The van der Waals surface area contributed by atoms with Gasteiger partial charge in [-0.15, -0.1) is 0 Å². The van der Waals surface area contributed by atoms with Gasteiger partial charge in [0.05, 0.1) is 12.2 Å². The Morgan fingerprint density at radius 1 is 0.667 bits per heavy atom. The van der Waals surface area contributed by atoms with Crippen LogP contribution >= 0.6 is 0 Å². The van der Waals surface area contributed by atoms with Crippen LogP contribution in [0.5, 0.6) is 0 Å². The first kappa shape index (κ1) is 25.9. The molecule has 0 spiro atoms. The van der Waals surface area contributed by atoms with Crippen molar-refractivity contribution in [2.45, 2.75) is 97.7 Å². The van der Waals surface area contributed by atoms with E-state index in [4.69, 9.17) is 18.9 Å². The van der Waals surface area contributed by atoms with Crippen molar-refractivity contribution in [3.05, 3.63) is 0 Å². The molecule has 0 fully saturated rings. The minimum absolute atomic E-state index is 0.0394. The standard InChI is InChI=1S/C21H40O6/c1-5-9-12-18(24-7-3)16-26-20(22)14-11-15-21(23)27-17-19(25-8-4)13-10-6-2/h18-19H,5-17H2,1-4H3. The lowest BCUT2D eigenvalue weighted by Crippen LogP contribution is -2.23. The third-order valence-corrected chi connectivity index (χ3v) is 4.19. The minimum atomic E-state index is -0.292. The van der Waals surface area contributed by atoms with E-state index in [1.807, 2.05) is 13.8 Å². The third kappa shape index (κ3) is 15.6. The third-order valence-electron chi connectivity index (χ3n) is 4.19. The molecule has 0 aliphatic rings. The molecule has 0 aromatic rings. The van der Waals surface area contributed by atoms with Crippen LogP contribution in [0, 0.1) is 0 Å². The van der Waals surface area contributed by atoms with Crippen LogP contribution in [0.4, 0.5) is 0 Å². The van der Waals surface area contributed by atoms with Crippen LogP contribution in [0.15, 0.2) is 0 Å². The summed E-state index contributed by atoms with van der Waals surface area (Å²) in [4.78, 5) is 23.7. The van der Waals surface area contributed by atoms with Gasteiger partial charge in [-0.1, -0.05) is 39.5 Å². The van der Waals surface area contributed by atoms with E-state index < -0.39 is 0 Å². The predicted molar refractivity (Wildman–Crippen MR) is 106 cm³/mol. The number of hydrogen-bond donors (Lipinski definition) is 0. The molecule has 0 saturated carbocycles. The Balaban J connectivity index is 3.92. The van der Waals surface area contributed by atoms with Crippen molar-refractivity contribution < 1.29 is 28.5 Å². The molecule has 6 nitrogen and oxygen atoms in total. The highest BCUT2D eigenvalue weighted by Crippen LogP contribution is 2.09. The van der Waals surface area contributed by atoms with Crippen molar-refractivity contribution in [3.63, 3.8) is 0 Å². The monoisotopic (exact) mass is 388 g/mol. The molecule has 0 aliphatic carbocycles. The maximum Gasteiger partial charge on any atom is 0.305 e. The van der Waals surface area contributed by atoms with E-state index in [0.29, 0.717) is 19.6 Å². The van der Waals surface area contributed by atoms with E-state index in [-0.39, 0.29) is 50.2 Å². The molecule has 2 unspecified atom stereocenters. The first-order valence-corrected chi connectivity index (χ1v) is 10.6. The van der Waals surface area contributed by atoms with E-state index >= 15 is 0 Å². The Labute approximate surface area is 165 Å². The Kier molecular flexibility index (Phi) is 17.5. The van der Waals surface area contributed by atoms with E-state index in [2.05, 4.69) is 13.8 Å². The van der Waals surface area contributed by atoms with Gasteiger partial charge in [0, 0.05) is 26.1 Å². The smallest absolute Gasteiger partial charge is 0.305 e. The number of unbranched alkanes of at least 4 members (excludes halogenated alkanes) is 2. The Morgan fingerprint density at radius 2 is 1.07 bits per heavy atom. The zero-order valence-corrected chi connectivity index (χ0v) is 17.8. The van der Waals surface area contributed by atoms with Crippen LogP contribution < -0.4 is 0 Å². The van der Waals surface area contributed by atoms with Gasteiger partial charge in [-0.2, -0.15) is 0 Å². The summed E-state index contributed by atoms with van der Waals surface area (Å²) >= 11 is 0. The molecular formula is C21H40O6. The van der Waals surface area contributed by atoms with Crippen LogP contribution in [0.1, 0.15) is 85.5 Å². The molecule has 2 atom stereocenters.